The summed E-state index contributed by atoms with van der Waals surface area (Å²) in [5.41, 5.74) is 1.20. The second-order valence-electron chi connectivity index (χ2n) is 4.22. The van der Waals surface area contributed by atoms with E-state index in [-0.39, 0.29) is 5.91 Å². The lowest BCUT2D eigenvalue weighted by molar-refractivity contribution is -0.113. The van der Waals surface area contributed by atoms with Crippen LogP contribution in [0.5, 0.6) is 0 Å². The van der Waals surface area contributed by atoms with Gasteiger partial charge in [0.15, 0.2) is 5.13 Å². The predicted octanol–water partition coefficient (Wildman–Crippen LogP) is 2.57. The highest BCUT2D eigenvalue weighted by molar-refractivity contribution is 7.99. The highest BCUT2D eigenvalue weighted by atomic mass is 32.2. The van der Waals surface area contributed by atoms with Crippen molar-refractivity contribution in [1.29, 1.82) is 0 Å². The third-order valence-corrected chi connectivity index (χ3v) is 4.29. The molecule has 0 bridgehead atoms. The van der Waals surface area contributed by atoms with Crippen LogP contribution in [0.3, 0.4) is 0 Å². The van der Waals surface area contributed by atoms with E-state index >= 15 is 0 Å². The molecule has 1 aliphatic rings. The molecule has 1 heterocycles. The second kappa shape index (κ2) is 5.19. The first-order chi connectivity index (χ1) is 7.69. The Morgan fingerprint density at radius 3 is 3.25 bits per heavy atom. The third-order valence-electron chi connectivity index (χ3n) is 2.71. The Balaban J connectivity index is 2.04. The summed E-state index contributed by atoms with van der Waals surface area (Å²) in [7, 11) is 0. The van der Waals surface area contributed by atoms with Gasteiger partial charge in [-0.25, -0.2) is 4.98 Å². The SMILES string of the molecule is CSCC(=O)Nc1nc2c(s1)C[C@H](C)CC2. The van der Waals surface area contributed by atoms with E-state index in [0.29, 0.717) is 5.75 Å². The number of hydrogen-bond acceptors (Lipinski definition) is 4. The van der Waals surface area contributed by atoms with E-state index in [9.17, 15) is 4.79 Å². The van der Waals surface area contributed by atoms with Gasteiger partial charge in [-0.1, -0.05) is 6.92 Å². The quantitative estimate of drug-likeness (QED) is 0.903. The average Bonchev–Trinajstić information content (AvgIpc) is 2.59. The Bertz CT molecular complexity index is 389. The topological polar surface area (TPSA) is 42.0 Å². The summed E-state index contributed by atoms with van der Waals surface area (Å²) in [4.78, 5) is 17.3. The van der Waals surface area contributed by atoms with Gasteiger partial charge in [0.25, 0.3) is 0 Å². The molecule has 2 rings (SSSR count). The Morgan fingerprint density at radius 1 is 1.69 bits per heavy atom. The fraction of sp³-hybridized carbons (Fsp3) is 0.636. The maximum Gasteiger partial charge on any atom is 0.236 e. The smallest absolute Gasteiger partial charge is 0.236 e. The molecule has 88 valence electrons. The van der Waals surface area contributed by atoms with E-state index in [2.05, 4.69) is 17.2 Å². The molecule has 16 heavy (non-hydrogen) atoms. The average molecular weight is 256 g/mol. The molecule has 1 aliphatic carbocycles. The van der Waals surface area contributed by atoms with Gasteiger partial charge in [-0.15, -0.1) is 11.3 Å². The fourth-order valence-corrected chi connectivity index (χ4v) is 3.40. The van der Waals surface area contributed by atoms with E-state index in [1.165, 1.54) is 28.8 Å². The van der Waals surface area contributed by atoms with Crippen LogP contribution < -0.4 is 5.32 Å². The number of carbonyl (C=O) groups excluding carboxylic acids is 1. The number of fused-ring (bicyclic) bond motifs is 1. The molecule has 0 aromatic carbocycles. The van der Waals surface area contributed by atoms with Gasteiger partial charge < -0.3 is 5.32 Å². The van der Waals surface area contributed by atoms with Crippen molar-refractivity contribution >= 4 is 34.1 Å². The van der Waals surface area contributed by atoms with Crippen LogP contribution in [0.15, 0.2) is 0 Å². The number of hydrogen-bond donors (Lipinski definition) is 1. The first-order valence-corrected chi connectivity index (χ1v) is 7.67. The molecule has 1 amide bonds. The highest BCUT2D eigenvalue weighted by Gasteiger charge is 2.20. The van der Waals surface area contributed by atoms with Crippen LogP contribution in [-0.2, 0) is 17.6 Å². The van der Waals surface area contributed by atoms with Crippen molar-refractivity contribution in [2.75, 3.05) is 17.3 Å². The van der Waals surface area contributed by atoms with Gasteiger partial charge in [-0.3, -0.25) is 4.79 Å². The minimum atomic E-state index is 0.0478. The number of carbonyl (C=O) groups is 1. The Labute approximate surface area is 104 Å². The molecule has 1 aromatic heterocycles. The number of nitrogens with zero attached hydrogens (tertiary/aromatic N) is 1. The van der Waals surface area contributed by atoms with E-state index in [1.807, 2.05) is 6.26 Å². The first-order valence-electron chi connectivity index (χ1n) is 5.46. The fourth-order valence-electron chi connectivity index (χ4n) is 1.88. The molecule has 1 aromatic rings. The number of thiazole rings is 1. The zero-order valence-corrected chi connectivity index (χ0v) is 11.2. The summed E-state index contributed by atoms with van der Waals surface area (Å²) in [6.07, 6.45) is 5.32. The second-order valence-corrected chi connectivity index (χ2v) is 6.17. The molecule has 0 spiro atoms. The normalized spacial score (nSPS) is 19.2. The summed E-state index contributed by atoms with van der Waals surface area (Å²) < 4.78 is 0. The number of thioether (sulfide) groups is 1. The monoisotopic (exact) mass is 256 g/mol. The lowest BCUT2D eigenvalue weighted by atomic mass is 9.93. The van der Waals surface area contributed by atoms with Crippen LogP contribution in [0.4, 0.5) is 5.13 Å². The molecule has 3 nitrogen and oxygen atoms in total. The van der Waals surface area contributed by atoms with Gasteiger partial charge in [0.2, 0.25) is 5.91 Å². The van der Waals surface area contributed by atoms with Crippen molar-refractivity contribution in [3.8, 4) is 0 Å². The summed E-state index contributed by atoms with van der Waals surface area (Å²) >= 11 is 3.17. The summed E-state index contributed by atoms with van der Waals surface area (Å²) in [5, 5.41) is 3.64. The minimum Gasteiger partial charge on any atom is -0.301 e. The van der Waals surface area contributed by atoms with Gasteiger partial charge in [-0.2, -0.15) is 11.8 Å². The molecule has 0 aliphatic heterocycles. The summed E-state index contributed by atoms with van der Waals surface area (Å²) in [6, 6.07) is 0. The molecule has 0 unspecified atom stereocenters. The molecular weight excluding hydrogens is 240 g/mol. The summed E-state index contributed by atoms with van der Waals surface area (Å²) in [5.74, 6) is 1.30. The number of aryl methyl sites for hydroxylation is 1. The van der Waals surface area contributed by atoms with Crippen LogP contribution in [0, 0.1) is 5.92 Å². The van der Waals surface area contributed by atoms with Crippen molar-refractivity contribution in [3.05, 3.63) is 10.6 Å². The van der Waals surface area contributed by atoms with Gasteiger partial charge in [0.1, 0.15) is 0 Å². The first kappa shape index (κ1) is 11.9. The van der Waals surface area contributed by atoms with Crippen molar-refractivity contribution < 1.29 is 4.79 Å². The number of anilines is 1. The van der Waals surface area contributed by atoms with Crippen molar-refractivity contribution in [3.63, 3.8) is 0 Å². The number of rotatable bonds is 3. The van der Waals surface area contributed by atoms with Gasteiger partial charge in [-0.05, 0) is 31.4 Å². The van der Waals surface area contributed by atoms with Crippen LogP contribution >= 0.6 is 23.1 Å². The van der Waals surface area contributed by atoms with E-state index < -0.39 is 0 Å². The molecule has 5 heteroatoms. The van der Waals surface area contributed by atoms with Gasteiger partial charge >= 0.3 is 0 Å². The molecular formula is C11H16N2OS2. The van der Waals surface area contributed by atoms with Gasteiger partial charge in [0.05, 0.1) is 11.4 Å². The molecule has 1 atom stereocenters. The van der Waals surface area contributed by atoms with Gasteiger partial charge in [0, 0.05) is 4.88 Å². The number of aromatic nitrogens is 1. The van der Waals surface area contributed by atoms with Crippen LogP contribution in [0.25, 0.3) is 0 Å². The Kier molecular flexibility index (Phi) is 3.86. The zero-order chi connectivity index (χ0) is 11.5. The molecule has 0 fully saturated rings. The lowest BCUT2D eigenvalue weighted by Gasteiger charge is -2.15. The molecule has 0 saturated carbocycles. The van der Waals surface area contributed by atoms with Crippen molar-refractivity contribution in [2.24, 2.45) is 5.92 Å². The maximum atomic E-state index is 11.4. The standard InChI is InChI=1S/C11H16N2OS2/c1-7-3-4-8-9(5-7)16-11(12-8)13-10(14)6-15-2/h7H,3-6H2,1-2H3,(H,12,13,14)/t7-/m1/s1. The number of amides is 1. The molecule has 1 N–H and O–H groups in total. The van der Waals surface area contributed by atoms with Crippen LogP contribution in [0.1, 0.15) is 23.9 Å². The third kappa shape index (κ3) is 2.77. The minimum absolute atomic E-state index is 0.0478. The summed E-state index contributed by atoms with van der Waals surface area (Å²) in [6.45, 7) is 2.27. The highest BCUT2D eigenvalue weighted by Crippen LogP contribution is 2.31. The maximum absolute atomic E-state index is 11.4. The van der Waals surface area contributed by atoms with Crippen molar-refractivity contribution in [2.45, 2.75) is 26.2 Å². The largest absolute Gasteiger partial charge is 0.301 e. The zero-order valence-electron chi connectivity index (χ0n) is 9.58. The molecule has 0 saturated heterocycles. The van der Waals surface area contributed by atoms with E-state index in [4.69, 9.17) is 0 Å². The van der Waals surface area contributed by atoms with Crippen LogP contribution in [-0.4, -0.2) is 22.9 Å². The van der Waals surface area contributed by atoms with Crippen LogP contribution in [0.2, 0.25) is 0 Å². The Morgan fingerprint density at radius 2 is 2.50 bits per heavy atom. The Hall–Kier alpha value is -0.550. The van der Waals surface area contributed by atoms with E-state index in [0.717, 1.165) is 23.9 Å². The lowest BCUT2D eigenvalue weighted by Crippen LogP contribution is -2.13. The van der Waals surface area contributed by atoms with E-state index in [1.54, 1.807) is 11.3 Å². The predicted molar refractivity (Wildman–Crippen MR) is 70.3 cm³/mol. The van der Waals surface area contributed by atoms with Crippen molar-refractivity contribution in [1.82, 2.24) is 4.98 Å². The molecule has 0 radical (unpaired) electrons. The number of nitrogens with one attached hydrogen (secondary N) is 1.